The number of carbonyl (C=O) groups is 2. The molecule has 1 aliphatic heterocycles. The summed E-state index contributed by atoms with van der Waals surface area (Å²) in [6.07, 6.45) is 6.45. The Labute approximate surface area is 147 Å². The summed E-state index contributed by atoms with van der Waals surface area (Å²) in [5.41, 5.74) is 7.21. The molecular weight excluding hydrogens is 322 g/mol. The number of primary amides is 1. The predicted molar refractivity (Wildman–Crippen MR) is 97.5 cm³/mol. The molecule has 0 radical (unpaired) electrons. The van der Waals surface area contributed by atoms with Gasteiger partial charge in [0.2, 0.25) is 5.91 Å². The van der Waals surface area contributed by atoms with E-state index in [0.717, 1.165) is 44.2 Å². The Hall–Kier alpha value is -1.40. The molecule has 24 heavy (non-hydrogen) atoms. The van der Waals surface area contributed by atoms with E-state index in [-0.39, 0.29) is 5.91 Å². The minimum atomic E-state index is -0.427. The fourth-order valence-electron chi connectivity index (χ4n) is 3.84. The standard InChI is InChI=1S/C18H27N3O2S/c1-11-6-7-13-14(9-11)24-18(16(13)17(19)23)20-15(22)10-21-8-4-3-5-12(21)2/h11-12H,3-10H2,1-2H3,(H2,19,23)(H,20,22)/t11-,12+/m0/s1. The Morgan fingerprint density at radius 1 is 1.29 bits per heavy atom. The molecule has 3 rings (SSSR count). The molecule has 1 fully saturated rings. The van der Waals surface area contributed by atoms with Crippen LogP contribution in [0.15, 0.2) is 0 Å². The number of hydrogen-bond acceptors (Lipinski definition) is 4. The van der Waals surface area contributed by atoms with Crippen LogP contribution in [0.2, 0.25) is 0 Å². The van der Waals surface area contributed by atoms with E-state index in [4.69, 9.17) is 5.73 Å². The van der Waals surface area contributed by atoms with Crippen molar-refractivity contribution in [3.05, 3.63) is 16.0 Å². The average Bonchev–Trinajstić information content (AvgIpc) is 2.86. The average molecular weight is 350 g/mol. The topological polar surface area (TPSA) is 75.4 Å². The molecule has 5 nitrogen and oxygen atoms in total. The van der Waals surface area contributed by atoms with Crippen LogP contribution in [0.1, 0.15) is 60.3 Å². The van der Waals surface area contributed by atoms with E-state index in [2.05, 4.69) is 24.1 Å². The SMILES string of the molecule is C[C@H]1CCc2c(sc(NC(=O)CN3CCCC[C@H]3C)c2C(N)=O)C1. The van der Waals surface area contributed by atoms with Crippen LogP contribution in [0.3, 0.4) is 0 Å². The molecule has 0 bridgehead atoms. The summed E-state index contributed by atoms with van der Waals surface area (Å²) < 4.78 is 0. The van der Waals surface area contributed by atoms with Gasteiger partial charge in [-0.1, -0.05) is 13.3 Å². The number of nitrogens with zero attached hydrogens (tertiary/aromatic N) is 1. The van der Waals surface area contributed by atoms with Gasteiger partial charge >= 0.3 is 0 Å². The molecule has 2 amide bonds. The van der Waals surface area contributed by atoms with Gasteiger partial charge in [-0.2, -0.15) is 0 Å². The molecule has 3 N–H and O–H groups in total. The highest BCUT2D eigenvalue weighted by molar-refractivity contribution is 7.17. The monoisotopic (exact) mass is 349 g/mol. The van der Waals surface area contributed by atoms with Gasteiger partial charge in [0.1, 0.15) is 5.00 Å². The zero-order valence-electron chi connectivity index (χ0n) is 14.6. The van der Waals surface area contributed by atoms with Gasteiger partial charge in [0.25, 0.3) is 5.91 Å². The smallest absolute Gasteiger partial charge is 0.251 e. The lowest BCUT2D eigenvalue weighted by Gasteiger charge is -2.32. The predicted octanol–water partition coefficient (Wildman–Crippen LogP) is 2.78. The van der Waals surface area contributed by atoms with Gasteiger partial charge in [0.05, 0.1) is 12.1 Å². The van der Waals surface area contributed by atoms with Crippen molar-refractivity contribution in [1.29, 1.82) is 0 Å². The van der Waals surface area contributed by atoms with Crippen LogP contribution in [0, 0.1) is 5.92 Å². The first-order valence-corrected chi connectivity index (χ1v) is 9.75. The summed E-state index contributed by atoms with van der Waals surface area (Å²) in [4.78, 5) is 27.8. The van der Waals surface area contributed by atoms with Crippen LogP contribution in [0.25, 0.3) is 0 Å². The number of piperidine rings is 1. The van der Waals surface area contributed by atoms with Crippen LogP contribution >= 0.6 is 11.3 Å². The van der Waals surface area contributed by atoms with Crippen molar-refractivity contribution >= 4 is 28.2 Å². The summed E-state index contributed by atoms with van der Waals surface area (Å²) in [6.45, 7) is 5.75. The van der Waals surface area contributed by atoms with Crippen molar-refractivity contribution in [2.24, 2.45) is 11.7 Å². The molecule has 2 atom stereocenters. The van der Waals surface area contributed by atoms with Crippen LogP contribution in [0.4, 0.5) is 5.00 Å². The Morgan fingerprint density at radius 3 is 2.79 bits per heavy atom. The van der Waals surface area contributed by atoms with Gasteiger partial charge in [0.15, 0.2) is 0 Å². The zero-order chi connectivity index (χ0) is 17.3. The van der Waals surface area contributed by atoms with E-state index in [1.807, 2.05) is 0 Å². The maximum absolute atomic E-state index is 12.5. The van der Waals surface area contributed by atoms with Crippen LogP contribution in [0.5, 0.6) is 0 Å². The van der Waals surface area contributed by atoms with Crippen molar-refractivity contribution in [3.63, 3.8) is 0 Å². The number of carbonyl (C=O) groups excluding carboxylic acids is 2. The fraction of sp³-hybridized carbons (Fsp3) is 0.667. The third-order valence-electron chi connectivity index (χ3n) is 5.30. The Balaban J connectivity index is 1.74. The summed E-state index contributed by atoms with van der Waals surface area (Å²) in [5, 5.41) is 3.62. The lowest BCUT2D eigenvalue weighted by atomic mass is 9.88. The number of likely N-dealkylation sites (tertiary alicyclic amines) is 1. The highest BCUT2D eigenvalue weighted by Crippen LogP contribution is 2.39. The minimum Gasteiger partial charge on any atom is -0.365 e. The molecule has 1 aromatic rings. The van der Waals surface area contributed by atoms with E-state index in [0.29, 0.717) is 29.1 Å². The summed E-state index contributed by atoms with van der Waals surface area (Å²) in [6, 6.07) is 0.442. The molecule has 1 saturated heterocycles. The minimum absolute atomic E-state index is 0.0436. The van der Waals surface area contributed by atoms with Crippen molar-refractivity contribution in [3.8, 4) is 0 Å². The highest BCUT2D eigenvalue weighted by Gasteiger charge is 2.28. The molecule has 0 saturated carbocycles. The molecular formula is C18H27N3O2S. The molecule has 2 heterocycles. The fourth-order valence-corrected chi connectivity index (χ4v) is 5.27. The highest BCUT2D eigenvalue weighted by atomic mass is 32.1. The second-order valence-electron chi connectivity index (χ2n) is 7.28. The molecule has 0 unspecified atom stereocenters. The van der Waals surface area contributed by atoms with Crippen molar-refractivity contribution in [2.45, 2.75) is 58.4 Å². The first-order chi connectivity index (χ1) is 11.5. The largest absolute Gasteiger partial charge is 0.365 e. The van der Waals surface area contributed by atoms with Crippen molar-refractivity contribution in [2.75, 3.05) is 18.4 Å². The summed E-state index contributed by atoms with van der Waals surface area (Å²) in [5.74, 6) is 0.149. The van der Waals surface area contributed by atoms with Crippen LogP contribution in [-0.2, 0) is 17.6 Å². The number of anilines is 1. The van der Waals surface area contributed by atoms with Gasteiger partial charge in [0, 0.05) is 10.9 Å². The van der Waals surface area contributed by atoms with E-state index in [9.17, 15) is 9.59 Å². The number of rotatable bonds is 4. The van der Waals surface area contributed by atoms with Gasteiger partial charge < -0.3 is 11.1 Å². The van der Waals surface area contributed by atoms with Crippen LogP contribution in [-0.4, -0.2) is 35.8 Å². The Kier molecular flexibility index (Phi) is 5.25. The Bertz CT molecular complexity index is 640. The molecule has 0 spiro atoms. The molecule has 2 aliphatic rings. The van der Waals surface area contributed by atoms with Gasteiger partial charge in [-0.25, -0.2) is 0 Å². The van der Waals surface area contributed by atoms with Gasteiger partial charge in [-0.3, -0.25) is 14.5 Å². The number of thiophene rings is 1. The van der Waals surface area contributed by atoms with E-state index < -0.39 is 5.91 Å². The maximum Gasteiger partial charge on any atom is 0.251 e. The van der Waals surface area contributed by atoms with E-state index in [1.54, 1.807) is 0 Å². The van der Waals surface area contributed by atoms with Gasteiger partial charge in [-0.05, 0) is 57.1 Å². The number of amides is 2. The molecule has 132 valence electrons. The quantitative estimate of drug-likeness (QED) is 0.877. The summed E-state index contributed by atoms with van der Waals surface area (Å²) >= 11 is 1.53. The number of nitrogens with one attached hydrogen (secondary N) is 1. The molecule has 1 aliphatic carbocycles. The third kappa shape index (κ3) is 3.64. The molecule has 6 heteroatoms. The van der Waals surface area contributed by atoms with E-state index >= 15 is 0 Å². The van der Waals surface area contributed by atoms with E-state index in [1.165, 1.54) is 22.6 Å². The zero-order valence-corrected chi connectivity index (χ0v) is 15.4. The summed E-state index contributed by atoms with van der Waals surface area (Å²) in [7, 11) is 0. The number of nitrogens with two attached hydrogens (primary N) is 1. The lowest BCUT2D eigenvalue weighted by molar-refractivity contribution is -0.118. The second kappa shape index (κ2) is 7.23. The van der Waals surface area contributed by atoms with Gasteiger partial charge in [-0.15, -0.1) is 11.3 Å². The first kappa shape index (κ1) is 17.4. The number of hydrogen-bond donors (Lipinski definition) is 2. The third-order valence-corrected chi connectivity index (χ3v) is 6.47. The van der Waals surface area contributed by atoms with Crippen molar-refractivity contribution in [1.82, 2.24) is 4.90 Å². The molecule has 0 aromatic carbocycles. The normalized spacial score (nSPS) is 24.4. The maximum atomic E-state index is 12.5. The first-order valence-electron chi connectivity index (χ1n) is 8.94. The molecule has 1 aromatic heterocycles. The number of fused-ring (bicyclic) bond motifs is 1. The van der Waals surface area contributed by atoms with Crippen molar-refractivity contribution < 1.29 is 9.59 Å². The lowest BCUT2D eigenvalue weighted by Crippen LogP contribution is -2.42. The Morgan fingerprint density at radius 2 is 2.08 bits per heavy atom. The second-order valence-corrected chi connectivity index (χ2v) is 8.39. The van der Waals surface area contributed by atoms with Crippen LogP contribution < -0.4 is 11.1 Å².